The van der Waals surface area contributed by atoms with Crippen LogP contribution in [0.3, 0.4) is 0 Å². The first kappa shape index (κ1) is 13.7. The van der Waals surface area contributed by atoms with E-state index in [-0.39, 0.29) is 0 Å². The summed E-state index contributed by atoms with van der Waals surface area (Å²) in [5.41, 5.74) is -0.0511. The van der Waals surface area contributed by atoms with Gasteiger partial charge in [-0.05, 0) is 29.8 Å². The van der Waals surface area contributed by atoms with Gasteiger partial charge in [-0.1, -0.05) is 0 Å². The van der Waals surface area contributed by atoms with Crippen LogP contribution in [-0.2, 0) is 4.74 Å². The van der Waals surface area contributed by atoms with Crippen molar-refractivity contribution in [3.8, 4) is 22.8 Å². The Morgan fingerprint density at radius 2 is 1.85 bits per heavy atom. The summed E-state index contributed by atoms with van der Waals surface area (Å²) >= 11 is 0. The van der Waals surface area contributed by atoms with Crippen LogP contribution >= 0.6 is 0 Å². The van der Waals surface area contributed by atoms with E-state index >= 15 is 0 Å². The lowest BCUT2D eigenvalue weighted by molar-refractivity contribution is 0.0595. The fraction of sp³-hybridized carbons (Fsp3) is 0.143. The number of hydrogen-bond acceptors (Lipinski definition) is 5. The van der Waals surface area contributed by atoms with Crippen molar-refractivity contribution in [3.63, 3.8) is 0 Å². The number of carbonyl (C=O) groups is 1. The highest BCUT2D eigenvalue weighted by atomic mass is 16.5. The van der Waals surface area contributed by atoms with E-state index < -0.39 is 22.8 Å². The molecule has 2 N–H and O–H groups in total. The largest absolute Gasteiger partial charge is 0.507 e. The first-order valence-electron chi connectivity index (χ1n) is 5.76. The molecule has 0 saturated carbocycles. The molecule has 0 aliphatic rings. The van der Waals surface area contributed by atoms with Gasteiger partial charge >= 0.3 is 5.97 Å². The van der Waals surface area contributed by atoms with Crippen molar-refractivity contribution in [2.75, 3.05) is 14.2 Å². The molecule has 0 bridgehead atoms. The molecule has 6 nitrogen and oxygen atoms in total. The van der Waals surface area contributed by atoms with Gasteiger partial charge in [0.25, 0.3) is 5.56 Å². The zero-order valence-corrected chi connectivity index (χ0v) is 11.0. The predicted molar refractivity (Wildman–Crippen MR) is 72.1 cm³/mol. The summed E-state index contributed by atoms with van der Waals surface area (Å²) in [6.45, 7) is 0. The van der Waals surface area contributed by atoms with Crippen molar-refractivity contribution in [2.45, 2.75) is 0 Å². The molecule has 2 aromatic rings. The summed E-state index contributed by atoms with van der Waals surface area (Å²) in [5.74, 6) is -0.636. The van der Waals surface area contributed by atoms with Crippen LogP contribution in [-0.4, -0.2) is 30.3 Å². The second kappa shape index (κ2) is 5.48. The van der Waals surface area contributed by atoms with Gasteiger partial charge in [0, 0.05) is 6.07 Å². The Morgan fingerprint density at radius 3 is 2.35 bits per heavy atom. The average Bonchev–Trinajstić information content (AvgIpc) is 2.46. The Labute approximate surface area is 114 Å². The normalized spacial score (nSPS) is 10.1. The minimum atomic E-state index is -0.884. The van der Waals surface area contributed by atoms with E-state index in [2.05, 4.69) is 9.72 Å². The quantitative estimate of drug-likeness (QED) is 0.829. The van der Waals surface area contributed by atoms with Crippen molar-refractivity contribution in [1.29, 1.82) is 0 Å². The molecule has 0 spiro atoms. The number of methoxy groups -OCH3 is 2. The van der Waals surface area contributed by atoms with Crippen molar-refractivity contribution in [2.24, 2.45) is 0 Å². The fourth-order valence-corrected chi connectivity index (χ4v) is 1.77. The zero-order valence-electron chi connectivity index (χ0n) is 11.0. The van der Waals surface area contributed by atoms with Crippen molar-refractivity contribution < 1.29 is 19.4 Å². The summed E-state index contributed by atoms with van der Waals surface area (Å²) in [6.07, 6.45) is 0. The van der Waals surface area contributed by atoms with E-state index in [0.29, 0.717) is 17.0 Å². The number of aromatic hydroxyl groups is 1. The van der Waals surface area contributed by atoms with Crippen LogP contribution in [0.25, 0.3) is 11.3 Å². The second-order valence-electron chi connectivity index (χ2n) is 3.99. The Kier molecular flexibility index (Phi) is 3.74. The number of carbonyl (C=O) groups excluding carboxylic acids is 1. The minimum Gasteiger partial charge on any atom is -0.507 e. The van der Waals surface area contributed by atoms with Crippen LogP contribution in [0, 0.1) is 0 Å². The molecule has 0 unspecified atom stereocenters. The lowest BCUT2D eigenvalue weighted by Gasteiger charge is -2.06. The minimum absolute atomic E-state index is 0.391. The molecule has 1 aromatic heterocycles. The third kappa shape index (κ3) is 2.49. The molecule has 2 rings (SSSR count). The number of hydrogen-bond donors (Lipinski definition) is 2. The summed E-state index contributed by atoms with van der Waals surface area (Å²) < 4.78 is 9.47. The van der Waals surface area contributed by atoms with E-state index in [4.69, 9.17) is 4.74 Å². The number of pyridine rings is 1. The first-order valence-corrected chi connectivity index (χ1v) is 5.76. The molecule has 0 amide bonds. The Hall–Kier alpha value is -2.76. The van der Waals surface area contributed by atoms with Crippen LogP contribution in [0.15, 0.2) is 35.1 Å². The van der Waals surface area contributed by atoms with Crippen LogP contribution < -0.4 is 10.3 Å². The Morgan fingerprint density at radius 1 is 1.20 bits per heavy atom. The second-order valence-corrected chi connectivity index (χ2v) is 3.99. The summed E-state index contributed by atoms with van der Waals surface area (Å²) in [6, 6.07) is 8.19. The molecule has 1 aromatic carbocycles. The predicted octanol–water partition coefficient (Wildman–Crippen LogP) is 1.54. The molecule has 104 valence electrons. The Balaban J connectivity index is 2.49. The smallest absolute Gasteiger partial charge is 0.347 e. The summed E-state index contributed by atoms with van der Waals surface area (Å²) in [7, 11) is 2.69. The number of rotatable bonds is 3. The molecule has 0 saturated heterocycles. The van der Waals surface area contributed by atoms with Gasteiger partial charge in [-0.3, -0.25) is 4.79 Å². The van der Waals surface area contributed by atoms with E-state index in [0.717, 1.165) is 7.11 Å². The van der Waals surface area contributed by atoms with Crippen molar-refractivity contribution in [1.82, 2.24) is 4.98 Å². The maximum Gasteiger partial charge on any atom is 0.347 e. The average molecular weight is 275 g/mol. The lowest BCUT2D eigenvalue weighted by atomic mass is 10.1. The van der Waals surface area contributed by atoms with Gasteiger partial charge in [0.05, 0.1) is 19.9 Å². The van der Waals surface area contributed by atoms with Gasteiger partial charge in [-0.15, -0.1) is 0 Å². The molecule has 0 radical (unpaired) electrons. The van der Waals surface area contributed by atoms with Crippen LogP contribution in [0.5, 0.6) is 11.5 Å². The molecule has 6 heteroatoms. The number of nitrogens with one attached hydrogen (secondary N) is 1. The molecular formula is C14H13NO5. The van der Waals surface area contributed by atoms with E-state index in [1.54, 1.807) is 31.4 Å². The number of aromatic amines is 1. The highest BCUT2D eigenvalue weighted by Crippen LogP contribution is 2.24. The molecular weight excluding hydrogens is 262 g/mol. The van der Waals surface area contributed by atoms with Gasteiger partial charge < -0.3 is 19.6 Å². The topological polar surface area (TPSA) is 88.6 Å². The molecule has 0 fully saturated rings. The van der Waals surface area contributed by atoms with Crippen LogP contribution in [0.4, 0.5) is 0 Å². The molecule has 0 aliphatic heterocycles. The highest BCUT2D eigenvalue weighted by molar-refractivity contribution is 5.92. The summed E-state index contributed by atoms with van der Waals surface area (Å²) in [5, 5.41) is 9.79. The van der Waals surface area contributed by atoms with Crippen LogP contribution in [0.1, 0.15) is 10.4 Å². The van der Waals surface area contributed by atoms with Crippen LogP contribution in [0.2, 0.25) is 0 Å². The fourth-order valence-electron chi connectivity index (χ4n) is 1.77. The number of H-pyrrole nitrogens is 1. The standard InChI is InChI=1S/C14H13NO5/c1-19-9-5-3-8(4-6-9)10-7-11(16)12(13(17)15-10)14(18)20-2/h3-7H,1-2H3,(H2,15,16,17). The first-order chi connectivity index (χ1) is 9.56. The van der Waals surface area contributed by atoms with Gasteiger partial charge in [0.15, 0.2) is 5.56 Å². The van der Waals surface area contributed by atoms with Crippen molar-refractivity contribution in [3.05, 3.63) is 46.2 Å². The zero-order chi connectivity index (χ0) is 14.7. The maximum atomic E-state index is 11.8. The maximum absolute atomic E-state index is 11.8. The van der Waals surface area contributed by atoms with Gasteiger partial charge in [0.2, 0.25) is 0 Å². The molecule has 20 heavy (non-hydrogen) atoms. The van der Waals surface area contributed by atoms with E-state index in [9.17, 15) is 14.7 Å². The number of benzene rings is 1. The van der Waals surface area contributed by atoms with Gasteiger partial charge in [-0.25, -0.2) is 4.79 Å². The monoisotopic (exact) mass is 275 g/mol. The molecule has 1 heterocycles. The van der Waals surface area contributed by atoms with Gasteiger partial charge in [0.1, 0.15) is 11.5 Å². The number of ether oxygens (including phenoxy) is 2. The lowest BCUT2D eigenvalue weighted by Crippen LogP contribution is -2.19. The van der Waals surface area contributed by atoms with Gasteiger partial charge in [-0.2, -0.15) is 0 Å². The number of aromatic nitrogens is 1. The van der Waals surface area contributed by atoms with Crippen molar-refractivity contribution >= 4 is 5.97 Å². The van der Waals surface area contributed by atoms with E-state index in [1.165, 1.54) is 6.07 Å². The van der Waals surface area contributed by atoms with E-state index in [1.807, 2.05) is 0 Å². The molecule has 0 aliphatic carbocycles. The molecule has 0 atom stereocenters. The third-order valence-electron chi connectivity index (χ3n) is 2.80. The highest BCUT2D eigenvalue weighted by Gasteiger charge is 2.18. The third-order valence-corrected chi connectivity index (χ3v) is 2.80. The number of esters is 1. The SMILES string of the molecule is COC(=O)c1c(O)cc(-c2ccc(OC)cc2)[nH]c1=O. The Bertz CT molecular complexity index is 688. The summed E-state index contributed by atoms with van der Waals surface area (Å²) in [4.78, 5) is 25.7.